The van der Waals surface area contributed by atoms with Crippen molar-refractivity contribution in [2.24, 2.45) is 0 Å². The van der Waals surface area contributed by atoms with Crippen LogP contribution in [0.5, 0.6) is 0 Å². The number of halogens is 2. The Kier molecular flexibility index (Phi) is 5.55. The fourth-order valence-electron chi connectivity index (χ4n) is 3.39. The lowest BCUT2D eigenvalue weighted by Gasteiger charge is -2.34. The van der Waals surface area contributed by atoms with Gasteiger partial charge < -0.3 is 14.5 Å². The van der Waals surface area contributed by atoms with Crippen LogP contribution in [0.1, 0.15) is 17.5 Å². The van der Waals surface area contributed by atoms with Crippen molar-refractivity contribution in [3.63, 3.8) is 0 Å². The molecular formula is C20H19Cl2N3O3. The van der Waals surface area contributed by atoms with Crippen LogP contribution in [-0.2, 0) is 9.53 Å². The number of nitrogens with zero attached hydrogens (tertiary/aromatic N) is 2. The summed E-state index contributed by atoms with van der Waals surface area (Å²) in [6.07, 6.45) is 0. The molecule has 146 valence electrons. The molecule has 0 saturated carbocycles. The van der Waals surface area contributed by atoms with Crippen molar-refractivity contribution < 1.29 is 13.9 Å². The van der Waals surface area contributed by atoms with Gasteiger partial charge in [0.15, 0.2) is 11.5 Å². The van der Waals surface area contributed by atoms with E-state index in [2.05, 4.69) is 15.2 Å². The Morgan fingerprint density at radius 2 is 1.96 bits per heavy atom. The molecule has 8 heteroatoms. The summed E-state index contributed by atoms with van der Waals surface area (Å²) in [6, 6.07) is 10.0. The number of aromatic nitrogens is 1. The number of carbonyl (C=O) groups is 1. The molecule has 1 aliphatic rings. The first-order valence-corrected chi connectivity index (χ1v) is 9.71. The quantitative estimate of drug-likeness (QED) is 0.675. The van der Waals surface area contributed by atoms with Crippen LogP contribution in [-0.4, -0.2) is 42.1 Å². The fraction of sp³-hybridized carbons (Fsp3) is 0.300. The van der Waals surface area contributed by atoms with Crippen LogP contribution in [0.15, 0.2) is 40.8 Å². The number of amides is 1. The number of hydrogen-bond donors (Lipinski definition) is 1. The number of ether oxygens (including phenoxy) is 1. The van der Waals surface area contributed by atoms with Crippen LogP contribution in [0.2, 0.25) is 10.0 Å². The molecule has 1 N–H and O–H groups in total. The highest BCUT2D eigenvalue weighted by Gasteiger charge is 2.31. The standard InChI is InChI=1S/C20H19Cl2N3O3/c1-12-23-17-11-14(3-5-18(17)28-12)24-20(26)19(25-6-8-27-9-7-25)15-4-2-13(21)10-16(15)22/h2-5,10-11,19H,6-9H2,1H3,(H,24,26)/t19-/m1/s1. The Labute approximate surface area is 172 Å². The number of fused-ring (bicyclic) bond motifs is 1. The van der Waals surface area contributed by atoms with Crippen molar-refractivity contribution in [1.82, 2.24) is 9.88 Å². The molecule has 0 spiro atoms. The lowest BCUT2D eigenvalue weighted by molar-refractivity contribution is -0.123. The zero-order valence-electron chi connectivity index (χ0n) is 15.2. The smallest absolute Gasteiger partial charge is 0.246 e. The summed E-state index contributed by atoms with van der Waals surface area (Å²) in [5.74, 6) is 0.406. The second-order valence-electron chi connectivity index (χ2n) is 6.62. The van der Waals surface area contributed by atoms with Crippen LogP contribution in [0.3, 0.4) is 0 Å². The summed E-state index contributed by atoms with van der Waals surface area (Å²) in [4.78, 5) is 19.6. The predicted octanol–water partition coefficient (Wildman–Crippen LogP) is 4.46. The van der Waals surface area contributed by atoms with Gasteiger partial charge in [-0.3, -0.25) is 9.69 Å². The Morgan fingerprint density at radius 3 is 2.71 bits per heavy atom. The van der Waals surface area contributed by atoms with Gasteiger partial charge in [-0.1, -0.05) is 29.3 Å². The van der Waals surface area contributed by atoms with Crippen LogP contribution in [0, 0.1) is 6.92 Å². The molecular weight excluding hydrogens is 401 g/mol. The minimum absolute atomic E-state index is 0.175. The molecule has 6 nitrogen and oxygen atoms in total. The Bertz CT molecular complexity index is 1020. The number of hydrogen-bond acceptors (Lipinski definition) is 5. The van der Waals surface area contributed by atoms with Gasteiger partial charge in [0.05, 0.1) is 13.2 Å². The van der Waals surface area contributed by atoms with Gasteiger partial charge in [0, 0.05) is 35.7 Å². The van der Waals surface area contributed by atoms with E-state index in [1.54, 1.807) is 43.3 Å². The highest BCUT2D eigenvalue weighted by Crippen LogP contribution is 2.32. The molecule has 2 aromatic carbocycles. The van der Waals surface area contributed by atoms with Crippen molar-refractivity contribution >= 4 is 45.9 Å². The van der Waals surface area contributed by atoms with Gasteiger partial charge >= 0.3 is 0 Å². The number of oxazole rings is 1. The van der Waals surface area contributed by atoms with Crippen molar-refractivity contribution in [3.05, 3.63) is 57.9 Å². The Balaban J connectivity index is 1.65. The largest absolute Gasteiger partial charge is 0.441 e. The van der Waals surface area contributed by atoms with Crippen LogP contribution >= 0.6 is 23.2 Å². The third-order valence-corrected chi connectivity index (χ3v) is 5.24. The molecule has 28 heavy (non-hydrogen) atoms. The van der Waals surface area contributed by atoms with Crippen LogP contribution in [0.4, 0.5) is 5.69 Å². The number of rotatable bonds is 4. The molecule has 0 unspecified atom stereocenters. The number of morpholine rings is 1. The molecule has 2 heterocycles. The predicted molar refractivity (Wildman–Crippen MR) is 109 cm³/mol. The van der Waals surface area contributed by atoms with Crippen molar-refractivity contribution in [3.8, 4) is 0 Å². The van der Waals surface area contributed by atoms with Gasteiger partial charge in [0.25, 0.3) is 0 Å². The number of aryl methyl sites for hydroxylation is 1. The van der Waals surface area contributed by atoms with E-state index in [9.17, 15) is 4.79 Å². The number of nitrogens with one attached hydrogen (secondary N) is 1. The van der Waals surface area contributed by atoms with E-state index in [1.165, 1.54) is 0 Å². The topological polar surface area (TPSA) is 67.6 Å². The average Bonchev–Trinajstić information content (AvgIpc) is 3.04. The Morgan fingerprint density at radius 1 is 1.18 bits per heavy atom. The molecule has 1 saturated heterocycles. The van der Waals surface area contributed by atoms with E-state index in [-0.39, 0.29) is 5.91 Å². The van der Waals surface area contributed by atoms with Crippen LogP contribution < -0.4 is 5.32 Å². The summed E-state index contributed by atoms with van der Waals surface area (Å²) in [7, 11) is 0. The average molecular weight is 420 g/mol. The molecule has 0 bridgehead atoms. The third-order valence-electron chi connectivity index (χ3n) is 4.68. The summed E-state index contributed by atoms with van der Waals surface area (Å²) in [5, 5.41) is 3.98. The molecule has 3 aromatic rings. The van der Waals surface area contributed by atoms with E-state index < -0.39 is 6.04 Å². The van der Waals surface area contributed by atoms with E-state index in [0.29, 0.717) is 64.6 Å². The van der Waals surface area contributed by atoms with Gasteiger partial charge in [-0.05, 0) is 35.9 Å². The Hall–Kier alpha value is -2.12. The monoisotopic (exact) mass is 419 g/mol. The fourth-order valence-corrected chi connectivity index (χ4v) is 3.91. The molecule has 1 aliphatic heterocycles. The third kappa shape index (κ3) is 4.00. The van der Waals surface area contributed by atoms with Crippen LogP contribution in [0.25, 0.3) is 11.1 Å². The molecule has 0 radical (unpaired) electrons. The van der Waals surface area contributed by atoms with Gasteiger partial charge in [0.2, 0.25) is 5.91 Å². The zero-order valence-corrected chi connectivity index (χ0v) is 16.8. The lowest BCUT2D eigenvalue weighted by Crippen LogP contribution is -2.44. The van der Waals surface area contributed by atoms with E-state index in [4.69, 9.17) is 32.4 Å². The first-order valence-electron chi connectivity index (χ1n) is 8.96. The number of benzene rings is 2. The summed E-state index contributed by atoms with van der Waals surface area (Å²) in [5.41, 5.74) is 2.74. The minimum Gasteiger partial charge on any atom is -0.441 e. The summed E-state index contributed by atoms with van der Waals surface area (Å²) in [6.45, 7) is 4.20. The maximum absolute atomic E-state index is 13.3. The second kappa shape index (κ2) is 8.09. The van der Waals surface area contributed by atoms with E-state index >= 15 is 0 Å². The zero-order chi connectivity index (χ0) is 19.7. The highest BCUT2D eigenvalue weighted by atomic mass is 35.5. The van der Waals surface area contributed by atoms with Crippen molar-refractivity contribution in [1.29, 1.82) is 0 Å². The van der Waals surface area contributed by atoms with Gasteiger partial charge in [0.1, 0.15) is 11.6 Å². The SMILES string of the molecule is Cc1nc2cc(NC(=O)[C@@H](c3ccc(Cl)cc3Cl)N3CCOCC3)ccc2o1. The van der Waals surface area contributed by atoms with E-state index in [1.807, 2.05) is 0 Å². The van der Waals surface area contributed by atoms with Gasteiger partial charge in [-0.15, -0.1) is 0 Å². The molecule has 1 amide bonds. The number of anilines is 1. The summed E-state index contributed by atoms with van der Waals surface area (Å²) >= 11 is 12.5. The molecule has 1 fully saturated rings. The number of carbonyl (C=O) groups excluding carboxylic acids is 1. The highest BCUT2D eigenvalue weighted by molar-refractivity contribution is 6.35. The first-order chi connectivity index (χ1) is 13.5. The lowest BCUT2D eigenvalue weighted by atomic mass is 10.0. The summed E-state index contributed by atoms with van der Waals surface area (Å²) < 4.78 is 10.9. The van der Waals surface area contributed by atoms with Gasteiger partial charge in [-0.25, -0.2) is 4.98 Å². The normalized spacial score (nSPS) is 16.2. The maximum atomic E-state index is 13.3. The minimum atomic E-state index is -0.552. The first kappa shape index (κ1) is 19.2. The van der Waals surface area contributed by atoms with Crippen molar-refractivity contribution in [2.75, 3.05) is 31.6 Å². The van der Waals surface area contributed by atoms with Crippen molar-refractivity contribution in [2.45, 2.75) is 13.0 Å². The molecule has 0 aliphatic carbocycles. The maximum Gasteiger partial charge on any atom is 0.246 e. The molecule has 1 atom stereocenters. The second-order valence-corrected chi connectivity index (χ2v) is 7.46. The molecule has 4 rings (SSSR count). The molecule has 1 aromatic heterocycles. The van der Waals surface area contributed by atoms with E-state index in [0.717, 1.165) is 0 Å². The van der Waals surface area contributed by atoms with Gasteiger partial charge in [-0.2, -0.15) is 0 Å².